The van der Waals surface area contributed by atoms with E-state index in [9.17, 15) is 26.6 Å². The van der Waals surface area contributed by atoms with Crippen molar-refractivity contribution >= 4 is 65.5 Å². The van der Waals surface area contributed by atoms with Crippen molar-refractivity contribution in [2.45, 2.75) is 33.4 Å². The lowest BCUT2D eigenvalue weighted by atomic mass is 10.1. The van der Waals surface area contributed by atoms with Gasteiger partial charge in [-0.1, -0.05) is 0 Å². The molecule has 2 atom stereocenters. The van der Waals surface area contributed by atoms with Crippen LogP contribution >= 0.6 is 37.9 Å². The zero-order valence-electron chi connectivity index (χ0n) is 21.1. The molecule has 1 aromatic carbocycles. The van der Waals surface area contributed by atoms with Gasteiger partial charge < -0.3 is 14.8 Å². The van der Waals surface area contributed by atoms with Crippen LogP contribution in [0.4, 0.5) is 17.6 Å². The van der Waals surface area contributed by atoms with E-state index >= 15 is 0 Å². The van der Waals surface area contributed by atoms with E-state index in [1.807, 2.05) is 0 Å². The second-order valence-electron chi connectivity index (χ2n) is 8.94. The van der Waals surface area contributed by atoms with Gasteiger partial charge in [0.1, 0.15) is 5.69 Å². The third kappa shape index (κ3) is 6.76. The van der Waals surface area contributed by atoms with Crippen LogP contribution in [-0.4, -0.2) is 40.8 Å². The molecule has 5 rings (SSSR count). The molecule has 1 N–H and O–H groups in total. The number of nitrogens with one attached hydrogen (secondary N) is 1. The topological polar surface area (TPSA) is 103 Å². The maximum Gasteiger partial charge on any atom is 0.280 e. The average molecular weight is 657 g/mol. The first-order valence-corrected chi connectivity index (χ1v) is 14.7. The average Bonchev–Trinajstić information content (AvgIpc) is 3.08. The predicted octanol–water partition coefficient (Wildman–Crippen LogP) is 5.66. The van der Waals surface area contributed by atoms with Crippen LogP contribution in [0.5, 0.6) is 11.6 Å². The molecule has 4 heterocycles. The zero-order chi connectivity index (χ0) is 30.2. The van der Waals surface area contributed by atoms with Gasteiger partial charge in [0.05, 0.1) is 51.3 Å². The van der Waals surface area contributed by atoms with Crippen molar-refractivity contribution in [1.29, 1.82) is 0 Å². The largest absolute Gasteiger partial charge is 0.489 e. The summed E-state index contributed by atoms with van der Waals surface area (Å²) in [5.74, 6) is -2.18. The van der Waals surface area contributed by atoms with Gasteiger partial charge in [-0.25, -0.2) is 27.5 Å². The summed E-state index contributed by atoms with van der Waals surface area (Å²) in [5, 5.41) is 3.23. The maximum absolute atomic E-state index is 14.6. The van der Waals surface area contributed by atoms with Gasteiger partial charge in [0.2, 0.25) is 9.48 Å². The molecule has 0 spiro atoms. The van der Waals surface area contributed by atoms with Crippen LogP contribution in [0.1, 0.15) is 34.6 Å². The summed E-state index contributed by atoms with van der Waals surface area (Å²) >= 11 is 12.1. The number of carbonyl (C=O) groups is 1. The molecule has 220 valence electrons. The van der Waals surface area contributed by atoms with Gasteiger partial charge in [0, 0.05) is 23.6 Å². The number of amides is 1. The Labute approximate surface area is 255 Å². The SMILES string of the molecule is O=C(NCc1cc2nc(-c3ccc(C(F)F)nc3OC(S)(S)S)ccc2cn1)c1cc(F)c2c(c1)S(=O)C(F)CCO2. The standard InChI is InChI=1S/C26H20F4N4O4S4/c27-16-7-13(8-20-22(16)37-6-5-21(28)42(20)36)24(35)32-11-14-9-19-12(10-31-14)1-3-17(33-19)15-2-4-18(23(29)30)34-25(15)38-26(39,40)41/h1-4,7-10,21,23,39-41H,5-6,11H2,(H,32,35). The third-order valence-electron chi connectivity index (χ3n) is 5.99. The summed E-state index contributed by atoms with van der Waals surface area (Å²) in [4.78, 5) is 25.3. The van der Waals surface area contributed by atoms with Crippen molar-refractivity contribution in [2.75, 3.05) is 6.61 Å². The molecule has 1 aliphatic rings. The number of carbonyl (C=O) groups excluding carboxylic acids is 1. The fourth-order valence-electron chi connectivity index (χ4n) is 4.04. The van der Waals surface area contributed by atoms with Gasteiger partial charge in [0.25, 0.3) is 12.3 Å². The van der Waals surface area contributed by atoms with Crippen LogP contribution in [0.2, 0.25) is 0 Å². The summed E-state index contributed by atoms with van der Waals surface area (Å²) in [7, 11) is -2.20. The van der Waals surface area contributed by atoms with Gasteiger partial charge in [-0.3, -0.25) is 14.0 Å². The normalized spacial score (nSPS) is 17.0. The molecule has 16 heteroatoms. The minimum Gasteiger partial charge on any atom is -0.489 e. The highest BCUT2D eigenvalue weighted by Gasteiger charge is 2.29. The van der Waals surface area contributed by atoms with E-state index in [-0.39, 0.29) is 47.2 Å². The van der Waals surface area contributed by atoms with Gasteiger partial charge >= 0.3 is 0 Å². The molecule has 0 fully saturated rings. The van der Waals surface area contributed by atoms with Crippen LogP contribution in [0, 0.1) is 5.82 Å². The van der Waals surface area contributed by atoms with Gasteiger partial charge in [-0.15, -0.1) is 37.9 Å². The third-order valence-corrected chi connectivity index (χ3v) is 7.70. The molecule has 0 bridgehead atoms. The Kier molecular flexibility index (Phi) is 8.87. The number of thiol groups is 3. The minimum absolute atomic E-state index is 0.0921. The minimum atomic E-state index is -2.85. The van der Waals surface area contributed by atoms with E-state index in [4.69, 9.17) is 9.47 Å². The number of nitrogens with zero attached hydrogens (tertiary/aromatic N) is 3. The molecule has 0 radical (unpaired) electrons. The molecular formula is C26H20F4N4O4S4. The van der Waals surface area contributed by atoms with E-state index in [1.54, 1.807) is 18.2 Å². The fourth-order valence-corrected chi connectivity index (χ4v) is 5.47. The van der Waals surface area contributed by atoms with Crippen molar-refractivity contribution in [1.82, 2.24) is 20.3 Å². The summed E-state index contributed by atoms with van der Waals surface area (Å²) in [5.41, 5.74) is -1.01. The molecule has 3 aromatic heterocycles. The highest BCUT2D eigenvalue weighted by atomic mass is 32.2. The van der Waals surface area contributed by atoms with E-state index in [1.165, 1.54) is 12.3 Å². The Morgan fingerprint density at radius 2 is 1.95 bits per heavy atom. The predicted molar refractivity (Wildman–Crippen MR) is 157 cm³/mol. The van der Waals surface area contributed by atoms with E-state index in [0.29, 0.717) is 22.3 Å². The lowest BCUT2D eigenvalue weighted by molar-refractivity contribution is 0.0949. The first-order chi connectivity index (χ1) is 19.9. The zero-order valence-corrected chi connectivity index (χ0v) is 24.6. The Bertz CT molecular complexity index is 1710. The number of alkyl halides is 3. The Morgan fingerprint density at radius 1 is 1.17 bits per heavy atom. The molecule has 0 saturated heterocycles. The number of halogens is 4. The number of benzene rings is 1. The molecule has 1 aliphatic heterocycles. The highest BCUT2D eigenvalue weighted by molar-refractivity contribution is 8.16. The van der Waals surface area contributed by atoms with E-state index in [2.05, 4.69) is 58.2 Å². The van der Waals surface area contributed by atoms with Crippen LogP contribution in [0.25, 0.3) is 22.2 Å². The lowest BCUT2D eigenvalue weighted by Crippen LogP contribution is -2.24. The molecule has 4 aromatic rings. The number of aromatic nitrogens is 3. The van der Waals surface area contributed by atoms with Crippen molar-refractivity contribution in [3.63, 3.8) is 0 Å². The smallest absolute Gasteiger partial charge is 0.280 e. The molecule has 42 heavy (non-hydrogen) atoms. The molecule has 8 nitrogen and oxygen atoms in total. The number of rotatable bonds is 7. The van der Waals surface area contributed by atoms with Crippen molar-refractivity contribution in [3.8, 4) is 22.9 Å². The van der Waals surface area contributed by atoms with E-state index in [0.717, 1.165) is 18.2 Å². The molecule has 2 unspecified atom stereocenters. The van der Waals surface area contributed by atoms with Crippen LogP contribution in [0.15, 0.2) is 53.6 Å². The molecular weight excluding hydrogens is 637 g/mol. The summed E-state index contributed by atoms with van der Waals surface area (Å²) in [6, 6.07) is 9.51. The first kappa shape index (κ1) is 30.4. The molecule has 0 saturated carbocycles. The van der Waals surface area contributed by atoms with Crippen molar-refractivity contribution < 1.29 is 36.0 Å². The number of hydrogen-bond acceptors (Lipinski definition) is 10. The van der Waals surface area contributed by atoms with Crippen molar-refractivity contribution in [2.24, 2.45) is 0 Å². The fraction of sp³-hybridized carbons (Fsp3) is 0.231. The highest BCUT2D eigenvalue weighted by Crippen LogP contribution is 2.36. The molecule has 1 amide bonds. The van der Waals surface area contributed by atoms with Gasteiger partial charge in [0.15, 0.2) is 17.1 Å². The van der Waals surface area contributed by atoms with Gasteiger partial charge in [-0.2, -0.15) is 0 Å². The second-order valence-corrected chi connectivity index (χ2v) is 13.4. The lowest BCUT2D eigenvalue weighted by Gasteiger charge is -2.20. The van der Waals surface area contributed by atoms with Crippen LogP contribution < -0.4 is 14.8 Å². The number of fused-ring (bicyclic) bond motifs is 2. The number of hydrogen-bond donors (Lipinski definition) is 4. The van der Waals surface area contributed by atoms with Crippen molar-refractivity contribution in [3.05, 3.63) is 71.4 Å². The Hall–Kier alpha value is -3.08. The molecule has 0 aliphatic carbocycles. The summed E-state index contributed by atoms with van der Waals surface area (Å²) in [6.07, 6.45) is -1.49. The monoisotopic (exact) mass is 656 g/mol. The quantitative estimate of drug-likeness (QED) is 0.116. The number of ether oxygens (including phenoxy) is 2. The van der Waals surface area contributed by atoms with Crippen LogP contribution in [-0.2, 0) is 17.3 Å². The van der Waals surface area contributed by atoms with E-state index < -0.39 is 43.7 Å². The second kappa shape index (κ2) is 12.3. The maximum atomic E-state index is 14.6. The summed E-state index contributed by atoms with van der Waals surface area (Å²) in [6.45, 7) is -0.233. The van der Waals surface area contributed by atoms with Gasteiger partial charge in [-0.05, 0) is 42.5 Å². The Morgan fingerprint density at radius 3 is 2.69 bits per heavy atom. The Balaban J connectivity index is 1.39. The number of pyridine rings is 3. The van der Waals surface area contributed by atoms with Crippen LogP contribution in [0.3, 0.4) is 0 Å². The first-order valence-electron chi connectivity index (χ1n) is 12.1. The summed E-state index contributed by atoms with van der Waals surface area (Å²) < 4.78 is 76.7.